The fraction of sp³-hybridized carbons (Fsp3) is 0.929. The van der Waals surface area contributed by atoms with Gasteiger partial charge >= 0.3 is 0 Å². The summed E-state index contributed by atoms with van der Waals surface area (Å²) in [6.07, 6.45) is 6.25. The monoisotopic (exact) mass is 238 g/mol. The van der Waals surface area contributed by atoms with E-state index in [2.05, 4.69) is 9.80 Å². The van der Waals surface area contributed by atoms with Gasteiger partial charge in [0, 0.05) is 5.92 Å². The Bertz CT molecular complexity index is 241. The summed E-state index contributed by atoms with van der Waals surface area (Å²) < 4.78 is 0. The predicted octanol–water partition coefficient (Wildman–Crippen LogP) is 1.77. The van der Waals surface area contributed by atoms with Crippen molar-refractivity contribution in [2.75, 3.05) is 39.3 Å². The second-order valence-electron chi connectivity index (χ2n) is 5.63. The number of carbonyl (C=O) groups is 1. The maximum absolute atomic E-state index is 11.3. The van der Waals surface area contributed by atoms with Crippen LogP contribution in [0.5, 0.6) is 0 Å². The minimum absolute atomic E-state index is 0.352. The number of carbonyl (C=O) groups excluding carboxylic acids is 1. The molecule has 0 radical (unpaired) electrons. The summed E-state index contributed by atoms with van der Waals surface area (Å²) in [5, 5.41) is 0. The molecule has 0 spiro atoms. The Labute approximate surface area is 105 Å². The van der Waals surface area contributed by atoms with Gasteiger partial charge in [0.1, 0.15) is 5.78 Å². The second kappa shape index (κ2) is 6.50. The average molecular weight is 238 g/mol. The summed E-state index contributed by atoms with van der Waals surface area (Å²) in [6.45, 7) is 9.12. The number of Topliss-reactive ketones (excluding diaryl/α,β-unsaturated/α-hetero) is 1. The van der Waals surface area contributed by atoms with Crippen molar-refractivity contribution in [3.8, 4) is 0 Å². The highest BCUT2D eigenvalue weighted by atomic mass is 16.1. The third kappa shape index (κ3) is 4.07. The number of likely N-dealkylation sites (tertiary alicyclic amines) is 2. The predicted molar refractivity (Wildman–Crippen MR) is 70.1 cm³/mol. The van der Waals surface area contributed by atoms with Crippen LogP contribution in [0.25, 0.3) is 0 Å². The molecule has 0 N–H and O–H groups in total. The van der Waals surface area contributed by atoms with Crippen LogP contribution in [0.2, 0.25) is 0 Å². The molecular weight excluding hydrogens is 212 g/mol. The van der Waals surface area contributed by atoms with Crippen LogP contribution in [0.4, 0.5) is 0 Å². The average Bonchev–Trinajstić information content (AvgIpc) is 2.83. The number of hydrogen-bond donors (Lipinski definition) is 0. The largest absolute Gasteiger partial charge is 0.303 e. The van der Waals surface area contributed by atoms with Gasteiger partial charge in [-0.05, 0) is 78.3 Å². The van der Waals surface area contributed by atoms with Crippen molar-refractivity contribution >= 4 is 5.78 Å². The molecule has 98 valence electrons. The topological polar surface area (TPSA) is 23.6 Å². The zero-order valence-corrected chi connectivity index (χ0v) is 11.2. The van der Waals surface area contributed by atoms with E-state index in [0.29, 0.717) is 11.7 Å². The van der Waals surface area contributed by atoms with Crippen molar-refractivity contribution in [1.82, 2.24) is 9.80 Å². The van der Waals surface area contributed by atoms with Gasteiger partial charge in [0.05, 0.1) is 0 Å². The van der Waals surface area contributed by atoms with Gasteiger partial charge < -0.3 is 9.80 Å². The molecule has 0 amide bonds. The molecule has 0 atom stereocenters. The molecule has 0 bridgehead atoms. The van der Waals surface area contributed by atoms with E-state index in [4.69, 9.17) is 0 Å². The van der Waals surface area contributed by atoms with E-state index in [1.165, 1.54) is 45.4 Å². The van der Waals surface area contributed by atoms with E-state index in [1.54, 1.807) is 6.92 Å². The van der Waals surface area contributed by atoms with Crippen LogP contribution in [0, 0.1) is 5.92 Å². The lowest BCUT2D eigenvalue weighted by molar-refractivity contribution is -0.122. The first-order valence-electron chi connectivity index (χ1n) is 7.21. The molecule has 2 fully saturated rings. The third-order valence-electron chi connectivity index (χ3n) is 4.31. The van der Waals surface area contributed by atoms with E-state index < -0.39 is 0 Å². The van der Waals surface area contributed by atoms with Crippen molar-refractivity contribution in [2.45, 2.75) is 39.0 Å². The van der Waals surface area contributed by atoms with Crippen molar-refractivity contribution in [3.63, 3.8) is 0 Å². The minimum atomic E-state index is 0.352. The number of piperidine rings is 1. The molecule has 0 aliphatic carbocycles. The molecule has 0 saturated carbocycles. The normalized spacial score (nSPS) is 24.3. The SMILES string of the molecule is CC(=O)C1CCN(CCCN2CCCC2)CC1. The van der Waals surface area contributed by atoms with E-state index in [1.807, 2.05) is 0 Å². The maximum Gasteiger partial charge on any atom is 0.133 e. The van der Waals surface area contributed by atoms with Crippen molar-refractivity contribution in [1.29, 1.82) is 0 Å². The lowest BCUT2D eigenvalue weighted by Gasteiger charge is -2.31. The molecule has 0 aromatic carbocycles. The lowest BCUT2D eigenvalue weighted by Crippen LogP contribution is -2.37. The Morgan fingerprint density at radius 1 is 1.00 bits per heavy atom. The van der Waals surface area contributed by atoms with E-state index in [0.717, 1.165) is 25.9 Å². The highest BCUT2D eigenvalue weighted by Gasteiger charge is 2.22. The number of nitrogens with zero attached hydrogens (tertiary/aromatic N) is 2. The smallest absolute Gasteiger partial charge is 0.133 e. The summed E-state index contributed by atoms with van der Waals surface area (Å²) in [4.78, 5) is 16.4. The number of rotatable bonds is 5. The molecule has 17 heavy (non-hydrogen) atoms. The first kappa shape index (κ1) is 13.0. The lowest BCUT2D eigenvalue weighted by atomic mass is 9.93. The van der Waals surface area contributed by atoms with Gasteiger partial charge in [0.15, 0.2) is 0 Å². The molecule has 3 nitrogen and oxygen atoms in total. The third-order valence-corrected chi connectivity index (χ3v) is 4.31. The minimum Gasteiger partial charge on any atom is -0.303 e. The standard InChI is InChI=1S/C14H26N2O/c1-13(17)14-5-11-16(12-6-14)10-4-9-15-7-2-3-8-15/h14H,2-12H2,1H3. The first-order valence-corrected chi connectivity index (χ1v) is 7.21. The molecular formula is C14H26N2O. The highest BCUT2D eigenvalue weighted by Crippen LogP contribution is 2.18. The summed E-state index contributed by atoms with van der Waals surface area (Å²) >= 11 is 0. The van der Waals surface area contributed by atoms with E-state index in [-0.39, 0.29) is 0 Å². The molecule has 2 saturated heterocycles. The summed E-state index contributed by atoms with van der Waals surface area (Å²) in [6, 6.07) is 0. The Hall–Kier alpha value is -0.410. The zero-order valence-electron chi connectivity index (χ0n) is 11.2. The van der Waals surface area contributed by atoms with Gasteiger partial charge in [-0.2, -0.15) is 0 Å². The van der Waals surface area contributed by atoms with Gasteiger partial charge in [-0.25, -0.2) is 0 Å². The van der Waals surface area contributed by atoms with Crippen LogP contribution in [0.1, 0.15) is 39.0 Å². The number of hydrogen-bond acceptors (Lipinski definition) is 3. The van der Waals surface area contributed by atoms with E-state index >= 15 is 0 Å². The summed E-state index contributed by atoms with van der Waals surface area (Å²) in [5.74, 6) is 0.742. The number of ketones is 1. The van der Waals surface area contributed by atoms with Gasteiger partial charge in [0.25, 0.3) is 0 Å². The van der Waals surface area contributed by atoms with Crippen LogP contribution >= 0.6 is 0 Å². The van der Waals surface area contributed by atoms with Crippen molar-refractivity contribution < 1.29 is 4.79 Å². The Kier molecular flexibility index (Phi) is 4.99. The van der Waals surface area contributed by atoms with Crippen LogP contribution in [-0.2, 0) is 4.79 Å². The fourth-order valence-corrected chi connectivity index (χ4v) is 3.09. The van der Waals surface area contributed by atoms with Crippen molar-refractivity contribution in [2.24, 2.45) is 5.92 Å². The fourth-order valence-electron chi connectivity index (χ4n) is 3.09. The van der Waals surface area contributed by atoms with Gasteiger partial charge in [0.2, 0.25) is 0 Å². The first-order chi connectivity index (χ1) is 8.25. The van der Waals surface area contributed by atoms with Gasteiger partial charge in [-0.15, -0.1) is 0 Å². The summed E-state index contributed by atoms with van der Waals surface area (Å²) in [7, 11) is 0. The Morgan fingerprint density at radius 3 is 2.06 bits per heavy atom. The molecule has 2 rings (SSSR count). The van der Waals surface area contributed by atoms with E-state index in [9.17, 15) is 4.79 Å². The molecule has 2 aliphatic rings. The van der Waals surface area contributed by atoms with Crippen molar-refractivity contribution in [3.05, 3.63) is 0 Å². The van der Waals surface area contributed by atoms with Crippen LogP contribution in [0.3, 0.4) is 0 Å². The van der Waals surface area contributed by atoms with Crippen LogP contribution < -0.4 is 0 Å². The quantitative estimate of drug-likeness (QED) is 0.729. The molecule has 3 heteroatoms. The Balaban J connectivity index is 1.56. The van der Waals surface area contributed by atoms with Crippen LogP contribution in [-0.4, -0.2) is 54.9 Å². The molecule has 0 unspecified atom stereocenters. The maximum atomic E-state index is 11.3. The summed E-state index contributed by atoms with van der Waals surface area (Å²) in [5.41, 5.74) is 0. The van der Waals surface area contributed by atoms with Crippen LogP contribution in [0.15, 0.2) is 0 Å². The molecule has 2 heterocycles. The molecule has 0 aromatic heterocycles. The zero-order chi connectivity index (χ0) is 12.1. The second-order valence-corrected chi connectivity index (χ2v) is 5.63. The van der Waals surface area contributed by atoms with Gasteiger partial charge in [-0.1, -0.05) is 0 Å². The van der Waals surface area contributed by atoms with Gasteiger partial charge in [-0.3, -0.25) is 4.79 Å². The highest BCUT2D eigenvalue weighted by molar-refractivity contribution is 5.78. The molecule has 0 aromatic rings. The molecule has 2 aliphatic heterocycles. The Morgan fingerprint density at radius 2 is 1.53 bits per heavy atom.